The Morgan fingerprint density at radius 2 is 2.12 bits per heavy atom. The molecule has 0 radical (unpaired) electrons. The second kappa shape index (κ2) is 3.51. The summed E-state index contributed by atoms with van der Waals surface area (Å²) in [7, 11) is 0. The minimum atomic E-state index is -0.936. The van der Waals surface area contributed by atoms with Crippen molar-refractivity contribution in [2.45, 2.75) is 11.4 Å². The van der Waals surface area contributed by atoms with E-state index in [-0.39, 0.29) is 6.54 Å². The monoisotopic (exact) mass is 156 g/mol. The van der Waals surface area contributed by atoms with Crippen LogP contribution in [0.25, 0.3) is 0 Å². The van der Waals surface area contributed by atoms with Crippen LogP contribution in [0.1, 0.15) is 6.92 Å². The van der Waals surface area contributed by atoms with Crippen LogP contribution in [0.2, 0.25) is 0 Å². The van der Waals surface area contributed by atoms with Gasteiger partial charge in [-0.05, 0) is 6.54 Å². The second-order valence-electron chi connectivity index (χ2n) is 1.44. The van der Waals surface area contributed by atoms with Crippen LogP contribution in [0.4, 0.5) is 0 Å². The van der Waals surface area contributed by atoms with Crippen LogP contribution < -0.4 is 11.1 Å². The molecule has 50 valence electrons. The van der Waals surface area contributed by atoms with Crippen molar-refractivity contribution in [3.63, 3.8) is 0 Å². The van der Waals surface area contributed by atoms with Crippen LogP contribution in [-0.4, -0.2) is 17.5 Å². The van der Waals surface area contributed by atoms with Gasteiger partial charge in [-0.2, -0.15) is 0 Å². The van der Waals surface area contributed by atoms with Gasteiger partial charge in [-0.15, -0.1) is 0 Å². The molecular formula is C4H10Cl2N2. The van der Waals surface area contributed by atoms with Gasteiger partial charge in [0.1, 0.15) is 0 Å². The molecule has 0 spiro atoms. The number of nitrogens with one attached hydrogen (secondary N) is 1. The Morgan fingerprint density at radius 1 is 1.62 bits per heavy atom. The lowest BCUT2D eigenvalue weighted by molar-refractivity contribution is 0.620. The summed E-state index contributed by atoms with van der Waals surface area (Å²) in [6, 6.07) is 0. The van der Waals surface area contributed by atoms with E-state index in [0.717, 1.165) is 6.54 Å². The molecule has 2 nitrogen and oxygen atoms in total. The van der Waals surface area contributed by atoms with E-state index in [1.807, 2.05) is 6.92 Å². The van der Waals surface area contributed by atoms with Crippen molar-refractivity contribution in [1.29, 1.82) is 0 Å². The predicted octanol–water partition coefficient (Wildman–Crippen LogP) is 0.686. The first kappa shape index (κ1) is 8.50. The van der Waals surface area contributed by atoms with Crippen molar-refractivity contribution in [2.75, 3.05) is 13.1 Å². The van der Waals surface area contributed by atoms with Crippen molar-refractivity contribution in [3.05, 3.63) is 0 Å². The van der Waals surface area contributed by atoms with Gasteiger partial charge >= 0.3 is 0 Å². The average Bonchev–Trinajstić information content (AvgIpc) is 1.67. The number of hydrogen-bond acceptors (Lipinski definition) is 2. The van der Waals surface area contributed by atoms with E-state index in [0.29, 0.717) is 0 Å². The molecule has 0 saturated carbocycles. The van der Waals surface area contributed by atoms with E-state index in [4.69, 9.17) is 28.9 Å². The molecular weight excluding hydrogens is 147 g/mol. The van der Waals surface area contributed by atoms with E-state index in [1.54, 1.807) is 0 Å². The van der Waals surface area contributed by atoms with Gasteiger partial charge in [0.15, 0.2) is 4.46 Å². The minimum Gasteiger partial charge on any atom is -0.327 e. The van der Waals surface area contributed by atoms with Crippen LogP contribution in [0.15, 0.2) is 0 Å². The highest BCUT2D eigenvalue weighted by molar-refractivity contribution is 6.48. The number of hydrogen-bond donors (Lipinski definition) is 2. The van der Waals surface area contributed by atoms with Gasteiger partial charge in [0.25, 0.3) is 0 Å². The molecule has 0 bridgehead atoms. The zero-order valence-corrected chi connectivity index (χ0v) is 6.26. The van der Waals surface area contributed by atoms with E-state index in [9.17, 15) is 0 Å². The van der Waals surface area contributed by atoms with E-state index in [1.165, 1.54) is 0 Å². The lowest BCUT2D eigenvalue weighted by Crippen LogP contribution is -2.40. The van der Waals surface area contributed by atoms with Crippen molar-refractivity contribution < 1.29 is 0 Å². The first-order chi connectivity index (χ1) is 3.62. The van der Waals surface area contributed by atoms with Crippen LogP contribution in [0, 0.1) is 0 Å². The summed E-state index contributed by atoms with van der Waals surface area (Å²) in [5.74, 6) is 0. The van der Waals surface area contributed by atoms with E-state index < -0.39 is 4.46 Å². The SMILES string of the molecule is CCNC(Cl)(Cl)CN. The lowest BCUT2D eigenvalue weighted by atomic mass is 10.6. The quantitative estimate of drug-likeness (QED) is 0.467. The van der Waals surface area contributed by atoms with Gasteiger partial charge in [0.2, 0.25) is 0 Å². The maximum absolute atomic E-state index is 5.55. The highest BCUT2D eigenvalue weighted by atomic mass is 35.5. The number of rotatable bonds is 3. The van der Waals surface area contributed by atoms with E-state index >= 15 is 0 Å². The average molecular weight is 157 g/mol. The van der Waals surface area contributed by atoms with Crippen molar-refractivity contribution in [1.82, 2.24) is 5.32 Å². The topological polar surface area (TPSA) is 38.0 Å². The Kier molecular flexibility index (Phi) is 3.73. The summed E-state index contributed by atoms with van der Waals surface area (Å²) in [4.78, 5) is 0. The third kappa shape index (κ3) is 3.50. The molecule has 4 heteroatoms. The largest absolute Gasteiger partial charge is 0.327 e. The molecule has 0 heterocycles. The van der Waals surface area contributed by atoms with Gasteiger partial charge in [-0.1, -0.05) is 30.1 Å². The highest BCUT2D eigenvalue weighted by Gasteiger charge is 2.18. The summed E-state index contributed by atoms with van der Waals surface area (Å²) in [6.07, 6.45) is 0. The number of likely N-dealkylation sites (N-methyl/N-ethyl adjacent to an activating group) is 1. The van der Waals surface area contributed by atoms with Crippen molar-refractivity contribution in [2.24, 2.45) is 5.73 Å². The van der Waals surface area contributed by atoms with Crippen LogP contribution in [0.5, 0.6) is 0 Å². The summed E-state index contributed by atoms with van der Waals surface area (Å²) in [5, 5.41) is 2.78. The van der Waals surface area contributed by atoms with Crippen LogP contribution in [0.3, 0.4) is 0 Å². The smallest absolute Gasteiger partial charge is 0.181 e. The van der Waals surface area contributed by atoms with Crippen molar-refractivity contribution in [3.8, 4) is 0 Å². The van der Waals surface area contributed by atoms with E-state index in [2.05, 4.69) is 5.32 Å². The fraction of sp³-hybridized carbons (Fsp3) is 1.00. The Bertz CT molecular complexity index is 65.1. The van der Waals surface area contributed by atoms with Gasteiger partial charge in [-0.3, -0.25) is 5.32 Å². The fourth-order valence-corrected chi connectivity index (χ4v) is 0.598. The third-order valence-corrected chi connectivity index (χ3v) is 1.27. The van der Waals surface area contributed by atoms with Gasteiger partial charge in [-0.25, -0.2) is 0 Å². The Morgan fingerprint density at radius 3 is 2.25 bits per heavy atom. The maximum atomic E-state index is 5.55. The molecule has 0 fully saturated rings. The first-order valence-corrected chi connectivity index (χ1v) is 3.21. The molecule has 0 aromatic heterocycles. The minimum absolute atomic E-state index is 0.226. The molecule has 0 atom stereocenters. The molecule has 0 unspecified atom stereocenters. The van der Waals surface area contributed by atoms with Gasteiger partial charge in [0, 0.05) is 6.54 Å². The zero-order chi connectivity index (χ0) is 6.62. The number of halogens is 2. The Labute approximate surface area is 59.3 Å². The summed E-state index contributed by atoms with van der Waals surface area (Å²) >= 11 is 11.1. The summed E-state index contributed by atoms with van der Waals surface area (Å²) in [5.41, 5.74) is 5.17. The molecule has 8 heavy (non-hydrogen) atoms. The second-order valence-corrected chi connectivity index (χ2v) is 2.92. The van der Waals surface area contributed by atoms with Gasteiger partial charge in [0.05, 0.1) is 0 Å². The molecule has 0 aromatic carbocycles. The molecule has 0 aliphatic rings. The molecule has 0 aromatic rings. The first-order valence-electron chi connectivity index (χ1n) is 2.45. The molecule has 0 saturated heterocycles. The highest BCUT2D eigenvalue weighted by Crippen LogP contribution is 2.13. The van der Waals surface area contributed by atoms with Crippen LogP contribution >= 0.6 is 23.2 Å². The summed E-state index contributed by atoms with van der Waals surface area (Å²) < 4.78 is -0.936. The Balaban J connectivity index is 3.37. The molecule has 0 rings (SSSR count). The molecule has 0 aliphatic carbocycles. The number of nitrogens with two attached hydrogens (primary N) is 1. The van der Waals surface area contributed by atoms with Crippen molar-refractivity contribution >= 4 is 23.2 Å². The molecule has 0 aliphatic heterocycles. The molecule has 3 N–H and O–H groups in total. The normalized spacial score (nSPS) is 12.0. The predicted molar refractivity (Wildman–Crippen MR) is 37.2 cm³/mol. The zero-order valence-electron chi connectivity index (χ0n) is 4.75. The summed E-state index contributed by atoms with van der Waals surface area (Å²) in [6.45, 7) is 2.86. The fourth-order valence-electron chi connectivity index (χ4n) is 0.331. The van der Waals surface area contributed by atoms with Crippen LogP contribution in [-0.2, 0) is 0 Å². The Hall–Kier alpha value is 0.500. The standard InChI is InChI=1S/C4H10Cl2N2/c1-2-8-4(5,6)3-7/h8H,2-3,7H2,1H3. The molecule has 0 amide bonds. The maximum Gasteiger partial charge on any atom is 0.181 e. The van der Waals surface area contributed by atoms with Gasteiger partial charge < -0.3 is 5.73 Å². The third-order valence-electron chi connectivity index (χ3n) is 0.692. The lowest BCUT2D eigenvalue weighted by Gasteiger charge is -2.16. The number of alkyl halides is 2.